The topological polar surface area (TPSA) is 117 Å². The van der Waals surface area contributed by atoms with Gasteiger partial charge in [0.15, 0.2) is 6.61 Å². The maximum absolute atomic E-state index is 12.3. The van der Waals surface area contributed by atoms with Gasteiger partial charge in [-0.2, -0.15) is 5.26 Å². The molecule has 2 aliphatic rings. The third kappa shape index (κ3) is 4.03. The Morgan fingerprint density at radius 2 is 1.81 bits per heavy atom. The van der Waals surface area contributed by atoms with Crippen LogP contribution in [0, 0.1) is 29.1 Å². The maximum atomic E-state index is 12.3. The minimum absolute atomic E-state index is 0.129. The quantitative estimate of drug-likeness (QED) is 0.550. The number of nitrogens with zero attached hydrogens (tertiary/aromatic N) is 2. The number of likely N-dealkylation sites (tertiary alicyclic amines) is 1. The van der Waals surface area contributed by atoms with E-state index in [9.17, 15) is 24.4 Å². The van der Waals surface area contributed by atoms with Crippen LogP contribution in [-0.4, -0.2) is 47.3 Å². The molecule has 1 N–H and O–H groups in total. The Bertz CT molecular complexity index is 630. The molecular weight excluding hydrogens is 338 g/mol. The average molecular weight is 363 g/mol. The van der Waals surface area contributed by atoms with E-state index >= 15 is 0 Å². The summed E-state index contributed by atoms with van der Waals surface area (Å²) in [5.74, 6) is -2.84. The van der Waals surface area contributed by atoms with Gasteiger partial charge in [0.25, 0.3) is 5.91 Å². The number of nitriles is 1. The van der Waals surface area contributed by atoms with Gasteiger partial charge in [-0.25, -0.2) is 0 Å². The van der Waals surface area contributed by atoms with Gasteiger partial charge in [-0.05, 0) is 25.7 Å². The van der Waals surface area contributed by atoms with Crippen molar-refractivity contribution in [2.45, 2.75) is 52.0 Å². The van der Waals surface area contributed by atoms with Gasteiger partial charge >= 0.3 is 5.97 Å². The number of nitrogens with one attached hydrogen (secondary N) is 1. The van der Waals surface area contributed by atoms with Gasteiger partial charge in [0.2, 0.25) is 11.8 Å². The first-order valence-corrected chi connectivity index (χ1v) is 8.92. The molecule has 0 aromatic heterocycles. The minimum Gasteiger partial charge on any atom is -0.454 e. The molecule has 2 fully saturated rings. The Morgan fingerprint density at radius 3 is 2.27 bits per heavy atom. The molecular formula is C18H25N3O5. The number of ether oxygens (including phenoxy) is 1. The molecule has 8 nitrogen and oxygen atoms in total. The summed E-state index contributed by atoms with van der Waals surface area (Å²) in [5, 5.41) is 11.7. The summed E-state index contributed by atoms with van der Waals surface area (Å²) >= 11 is 0. The highest BCUT2D eigenvalue weighted by Crippen LogP contribution is 2.37. The highest BCUT2D eigenvalue weighted by atomic mass is 16.5. The van der Waals surface area contributed by atoms with E-state index in [1.165, 1.54) is 0 Å². The first-order chi connectivity index (χ1) is 12.2. The fourth-order valence-corrected chi connectivity index (χ4v) is 3.33. The summed E-state index contributed by atoms with van der Waals surface area (Å²) in [7, 11) is 0. The van der Waals surface area contributed by atoms with E-state index in [2.05, 4.69) is 5.32 Å². The standard InChI is InChI=1S/C18H25N3O5/c1-11(2)18(3,10-19)20-14(22)9-26-15(23)8-21-16(24)12-6-4-5-7-13(12)17(21)25/h11-13H,4-9H2,1-3H3,(H,20,22)/t12-,13-,18+/m0/s1. The number of amides is 3. The predicted molar refractivity (Wildman–Crippen MR) is 90.1 cm³/mol. The van der Waals surface area contributed by atoms with Gasteiger partial charge in [0.05, 0.1) is 17.9 Å². The van der Waals surface area contributed by atoms with E-state index in [4.69, 9.17) is 4.74 Å². The zero-order valence-electron chi connectivity index (χ0n) is 15.4. The lowest BCUT2D eigenvalue weighted by molar-refractivity contribution is -0.155. The third-order valence-electron chi connectivity index (χ3n) is 5.37. The molecule has 3 atom stereocenters. The van der Waals surface area contributed by atoms with E-state index in [-0.39, 0.29) is 29.6 Å². The molecule has 1 aliphatic heterocycles. The van der Waals surface area contributed by atoms with Gasteiger partial charge in [-0.1, -0.05) is 26.7 Å². The summed E-state index contributed by atoms with van der Waals surface area (Å²) < 4.78 is 4.88. The van der Waals surface area contributed by atoms with Crippen LogP contribution < -0.4 is 5.32 Å². The number of imide groups is 1. The van der Waals surface area contributed by atoms with Crippen LogP contribution in [0.25, 0.3) is 0 Å². The molecule has 8 heteroatoms. The van der Waals surface area contributed by atoms with Crippen LogP contribution >= 0.6 is 0 Å². The van der Waals surface area contributed by atoms with E-state index in [0.717, 1.165) is 17.7 Å². The van der Waals surface area contributed by atoms with E-state index in [0.29, 0.717) is 12.8 Å². The first-order valence-electron chi connectivity index (χ1n) is 8.92. The van der Waals surface area contributed by atoms with Crippen molar-refractivity contribution in [3.8, 4) is 6.07 Å². The van der Waals surface area contributed by atoms with Crippen LogP contribution in [0.2, 0.25) is 0 Å². The summed E-state index contributed by atoms with van der Waals surface area (Å²) in [5.41, 5.74) is -1.07. The Morgan fingerprint density at radius 1 is 1.27 bits per heavy atom. The molecule has 1 heterocycles. The van der Waals surface area contributed by atoms with Gasteiger partial charge in [0, 0.05) is 0 Å². The fourth-order valence-electron chi connectivity index (χ4n) is 3.33. The van der Waals surface area contributed by atoms with Gasteiger partial charge in [0.1, 0.15) is 12.1 Å². The van der Waals surface area contributed by atoms with E-state index in [1.54, 1.807) is 20.8 Å². The Kier molecular flexibility index (Phi) is 6.01. The van der Waals surface area contributed by atoms with Gasteiger partial charge in [-0.15, -0.1) is 0 Å². The second-order valence-corrected chi connectivity index (χ2v) is 7.44. The SMILES string of the molecule is CC(C)[C@@](C)(C#N)NC(=O)COC(=O)CN1C(=O)[C@H]2CCCC[C@@H]2C1=O. The van der Waals surface area contributed by atoms with Crippen LogP contribution in [0.5, 0.6) is 0 Å². The van der Waals surface area contributed by atoms with Crippen molar-refractivity contribution >= 4 is 23.7 Å². The van der Waals surface area contributed by atoms with Crippen LogP contribution in [0.1, 0.15) is 46.5 Å². The summed E-state index contributed by atoms with van der Waals surface area (Å²) in [6.07, 6.45) is 3.16. The number of carbonyl (C=O) groups is 4. The molecule has 0 bridgehead atoms. The van der Waals surface area contributed by atoms with E-state index in [1.807, 2.05) is 6.07 Å². The lowest BCUT2D eigenvalue weighted by Crippen LogP contribution is -2.50. The fraction of sp³-hybridized carbons (Fsp3) is 0.722. The van der Waals surface area contributed by atoms with Crippen molar-refractivity contribution < 1.29 is 23.9 Å². The van der Waals surface area contributed by atoms with Crippen LogP contribution in [0.4, 0.5) is 0 Å². The molecule has 2 rings (SSSR count). The van der Waals surface area contributed by atoms with Crippen molar-refractivity contribution in [2.24, 2.45) is 17.8 Å². The van der Waals surface area contributed by atoms with Crippen molar-refractivity contribution in [1.82, 2.24) is 10.2 Å². The number of esters is 1. The highest BCUT2D eigenvalue weighted by molar-refractivity contribution is 6.07. The Labute approximate surface area is 152 Å². The summed E-state index contributed by atoms with van der Waals surface area (Å²) in [6, 6.07) is 2.03. The molecule has 0 radical (unpaired) electrons. The minimum atomic E-state index is -1.07. The number of fused-ring (bicyclic) bond motifs is 1. The summed E-state index contributed by atoms with van der Waals surface area (Å²) in [6.45, 7) is 4.13. The van der Waals surface area contributed by atoms with Crippen LogP contribution in [0.3, 0.4) is 0 Å². The maximum Gasteiger partial charge on any atom is 0.326 e. The van der Waals surface area contributed by atoms with Crippen molar-refractivity contribution in [3.05, 3.63) is 0 Å². The monoisotopic (exact) mass is 363 g/mol. The lowest BCUT2D eigenvalue weighted by atomic mass is 9.81. The van der Waals surface area contributed by atoms with Crippen LogP contribution in [-0.2, 0) is 23.9 Å². The molecule has 142 valence electrons. The first kappa shape index (κ1) is 19.9. The largest absolute Gasteiger partial charge is 0.454 e. The average Bonchev–Trinajstić information content (AvgIpc) is 2.85. The van der Waals surface area contributed by atoms with Gasteiger partial charge in [-0.3, -0.25) is 24.1 Å². The highest BCUT2D eigenvalue weighted by Gasteiger charge is 2.48. The number of rotatable bonds is 6. The number of carbonyl (C=O) groups excluding carboxylic acids is 4. The molecule has 3 amide bonds. The second-order valence-electron chi connectivity index (χ2n) is 7.44. The smallest absolute Gasteiger partial charge is 0.326 e. The van der Waals surface area contributed by atoms with Crippen molar-refractivity contribution in [1.29, 1.82) is 5.26 Å². The number of hydrogen-bond donors (Lipinski definition) is 1. The molecule has 1 saturated heterocycles. The summed E-state index contributed by atoms with van der Waals surface area (Å²) in [4.78, 5) is 49.4. The van der Waals surface area contributed by atoms with Crippen molar-refractivity contribution in [3.63, 3.8) is 0 Å². The number of hydrogen-bond acceptors (Lipinski definition) is 6. The second kappa shape index (κ2) is 7.85. The predicted octanol–water partition coefficient (Wildman–Crippen LogP) is 0.759. The Balaban J connectivity index is 1.85. The zero-order chi connectivity index (χ0) is 19.5. The molecule has 0 unspecified atom stereocenters. The third-order valence-corrected chi connectivity index (χ3v) is 5.37. The molecule has 1 aliphatic carbocycles. The van der Waals surface area contributed by atoms with E-state index < -0.39 is 30.6 Å². The van der Waals surface area contributed by atoms with Crippen molar-refractivity contribution in [2.75, 3.05) is 13.2 Å². The molecule has 0 aromatic carbocycles. The lowest BCUT2D eigenvalue weighted by Gasteiger charge is -2.27. The Hall–Kier alpha value is -2.43. The van der Waals surface area contributed by atoms with Crippen LogP contribution in [0.15, 0.2) is 0 Å². The zero-order valence-corrected chi connectivity index (χ0v) is 15.4. The molecule has 26 heavy (non-hydrogen) atoms. The normalized spacial score (nSPS) is 24.7. The van der Waals surface area contributed by atoms with Gasteiger partial charge < -0.3 is 10.1 Å². The molecule has 1 saturated carbocycles. The molecule has 0 aromatic rings. The molecule has 0 spiro atoms.